The summed E-state index contributed by atoms with van der Waals surface area (Å²) >= 11 is 1.45. The van der Waals surface area contributed by atoms with Crippen molar-refractivity contribution in [3.8, 4) is 0 Å². The first-order chi connectivity index (χ1) is 13.9. The van der Waals surface area contributed by atoms with Crippen molar-refractivity contribution in [1.29, 1.82) is 0 Å². The second-order valence-electron chi connectivity index (χ2n) is 7.18. The lowest BCUT2D eigenvalue weighted by Crippen LogP contribution is -2.57. The molecule has 0 rings (SSSR count). The number of nitrogens with two attached hydrogens (primary N) is 1. The number of carboxylic acids is 2. The van der Waals surface area contributed by atoms with Gasteiger partial charge in [0.2, 0.25) is 17.7 Å². The minimum absolute atomic E-state index is 0.0842. The van der Waals surface area contributed by atoms with Gasteiger partial charge in [-0.2, -0.15) is 11.8 Å². The van der Waals surface area contributed by atoms with Crippen LogP contribution in [-0.2, 0) is 24.0 Å². The molecule has 0 heterocycles. The van der Waals surface area contributed by atoms with Gasteiger partial charge in [0.1, 0.15) is 18.1 Å². The molecule has 0 saturated heterocycles. The Kier molecular flexibility index (Phi) is 12.7. The number of thioether (sulfide) groups is 1. The third-order valence-corrected chi connectivity index (χ3v) is 4.87. The monoisotopic (exact) mass is 448 g/mol. The van der Waals surface area contributed by atoms with Crippen LogP contribution in [0.15, 0.2) is 0 Å². The highest BCUT2D eigenvalue weighted by Gasteiger charge is 2.30. The molecule has 0 saturated carbocycles. The lowest BCUT2D eigenvalue weighted by Gasteiger charge is -2.26. The molecule has 0 bridgehead atoms. The van der Waals surface area contributed by atoms with E-state index in [9.17, 15) is 29.1 Å². The van der Waals surface area contributed by atoms with Crippen LogP contribution in [0.5, 0.6) is 0 Å². The molecule has 4 unspecified atom stereocenters. The van der Waals surface area contributed by atoms with Gasteiger partial charge in [-0.25, -0.2) is 4.79 Å². The van der Waals surface area contributed by atoms with Crippen LogP contribution in [0.3, 0.4) is 0 Å². The van der Waals surface area contributed by atoms with Gasteiger partial charge in [-0.3, -0.25) is 19.2 Å². The van der Waals surface area contributed by atoms with Gasteiger partial charge in [-0.05, 0) is 37.7 Å². The van der Waals surface area contributed by atoms with Crippen molar-refractivity contribution in [1.82, 2.24) is 16.0 Å². The van der Waals surface area contributed by atoms with Crippen molar-refractivity contribution < 1.29 is 34.2 Å². The van der Waals surface area contributed by atoms with Crippen LogP contribution in [0.2, 0.25) is 0 Å². The van der Waals surface area contributed by atoms with E-state index in [1.54, 1.807) is 13.8 Å². The van der Waals surface area contributed by atoms with Crippen LogP contribution >= 0.6 is 11.8 Å². The number of hydrogen-bond donors (Lipinski definition) is 6. The van der Waals surface area contributed by atoms with E-state index in [2.05, 4.69) is 16.0 Å². The normalized spacial score (nSPS) is 14.9. The van der Waals surface area contributed by atoms with Crippen molar-refractivity contribution in [3.05, 3.63) is 0 Å². The third-order valence-electron chi connectivity index (χ3n) is 4.23. The molecular formula is C18H32N4O7S. The van der Waals surface area contributed by atoms with E-state index in [0.717, 1.165) is 0 Å². The van der Waals surface area contributed by atoms with Gasteiger partial charge in [0.15, 0.2) is 0 Å². The molecule has 0 aromatic carbocycles. The minimum atomic E-state index is -1.16. The maximum absolute atomic E-state index is 12.5. The molecule has 0 aromatic heterocycles. The summed E-state index contributed by atoms with van der Waals surface area (Å²) in [7, 11) is 0. The van der Waals surface area contributed by atoms with E-state index < -0.39 is 53.8 Å². The largest absolute Gasteiger partial charge is 0.481 e. The van der Waals surface area contributed by atoms with Crippen LogP contribution in [0.25, 0.3) is 0 Å². The van der Waals surface area contributed by atoms with Crippen molar-refractivity contribution in [3.63, 3.8) is 0 Å². The number of rotatable bonds is 14. The lowest BCUT2D eigenvalue weighted by atomic mass is 10.0. The molecule has 30 heavy (non-hydrogen) atoms. The molecule has 0 aliphatic heterocycles. The summed E-state index contributed by atoms with van der Waals surface area (Å²) in [5, 5.41) is 25.2. The molecule has 11 nitrogen and oxygen atoms in total. The highest BCUT2D eigenvalue weighted by atomic mass is 32.2. The molecule has 172 valence electrons. The summed E-state index contributed by atoms with van der Waals surface area (Å²) in [4.78, 5) is 58.8. The molecule has 0 aliphatic carbocycles. The Morgan fingerprint density at radius 1 is 0.900 bits per heavy atom. The predicted octanol–water partition coefficient (Wildman–Crippen LogP) is -0.853. The van der Waals surface area contributed by atoms with Gasteiger partial charge in [-0.15, -0.1) is 0 Å². The average molecular weight is 449 g/mol. The van der Waals surface area contributed by atoms with Crippen LogP contribution < -0.4 is 21.7 Å². The summed E-state index contributed by atoms with van der Waals surface area (Å²) in [6.07, 6.45) is 1.69. The average Bonchev–Trinajstić information content (AvgIpc) is 2.65. The highest BCUT2D eigenvalue weighted by Crippen LogP contribution is 2.06. The Balaban J connectivity index is 4.93. The Hall–Kier alpha value is -2.34. The standard InChI is InChI=1S/C18H32N4O7S/c1-9(2)14(17(27)21-12(18(28)29)7-8-30-4)22-15(25)10(3)20-16(26)11(19)5-6-13(23)24/h9-12,14H,5-8,19H2,1-4H3,(H,20,26)(H,21,27)(H,22,25)(H,23,24)(H,28,29). The Morgan fingerprint density at radius 3 is 1.97 bits per heavy atom. The maximum Gasteiger partial charge on any atom is 0.326 e. The van der Waals surface area contributed by atoms with Crippen molar-refractivity contribution in [2.75, 3.05) is 12.0 Å². The zero-order valence-electron chi connectivity index (χ0n) is 17.6. The molecule has 3 amide bonds. The number of hydrogen-bond acceptors (Lipinski definition) is 7. The summed E-state index contributed by atoms with van der Waals surface area (Å²) in [6, 6.07) is -4.20. The second kappa shape index (κ2) is 13.8. The molecule has 0 radical (unpaired) electrons. The van der Waals surface area contributed by atoms with Gasteiger partial charge in [0.05, 0.1) is 6.04 Å². The Labute approximate surface area is 179 Å². The summed E-state index contributed by atoms with van der Waals surface area (Å²) in [6.45, 7) is 4.77. The zero-order valence-corrected chi connectivity index (χ0v) is 18.5. The smallest absolute Gasteiger partial charge is 0.326 e. The summed E-state index contributed by atoms with van der Waals surface area (Å²) < 4.78 is 0. The van der Waals surface area contributed by atoms with Crippen molar-refractivity contribution >= 4 is 41.4 Å². The van der Waals surface area contributed by atoms with Crippen molar-refractivity contribution in [2.45, 2.75) is 64.2 Å². The zero-order chi connectivity index (χ0) is 23.4. The first kappa shape index (κ1) is 27.7. The number of aliphatic carboxylic acids is 2. The van der Waals surface area contributed by atoms with Crippen molar-refractivity contribution in [2.24, 2.45) is 11.7 Å². The van der Waals surface area contributed by atoms with Gasteiger partial charge in [-0.1, -0.05) is 13.8 Å². The topological polar surface area (TPSA) is 188 Å². The Bertz CT molecular complexity index is 630. The van der Waals surface area contributed by atoms with Gasteiger partial charge < -0.3 is 31.9 Å². The maximum atomic E-state index is 12.5. The molecule has 0 spiro atoms. The lowest BCUT2D eigenvalue weighted by molar-refractivity contribution is -0.142. The second-order valence-corrected chi connectivity index (χ2v) is 8.17. The fourth-order valence-electron chi connectivity index (χ4n) is 2.36. The number of carbonyl (C=O) groups excluding carboxylic acids is 3. The number of amides is 3. The van der Waals surface area contributed by atoms with Gasteiger partial charge in [0.25, 0.3) is 0 Å². The molecule has 7 N–H and O–H groups in total. The number of nitrogens with one attached hydrogen (secondary N) is 3. The number of carboxylic acid groups (broad SMARTS) is 2. The van der Waals surface area contributed by atoms with E-state index in [-0.39, 0.29) is 25.2 Å². The van der Waals surface area contributed by atoms with Gasteiger partial charge in [0, 0.05) is 6.42 Å². The van der Waals surface area contributed by atoms with Crippen LogP contribution in [0, 0.1) is 5.92 Å². The number of carbonyl (C=O) groups is 5. The molecule has 4 atom stereocenters. The SMILES string of the molecule is CSCCC(NC(=O)C(NC(=O)C(C)NC(=O)C(N)CCC(=O)O)C(C)C)C(=O)O. The van der Waals surface area contributed by atoms with E-state index in [0.29, 0.717) is 5.75 Å². The molecular weight excluding hydrogens is 416 g/mol. The van der Waals surface area contributed by atoms with E-state index in [1.807, 2.05) is 6.26 Å². The highest BCUT2D eigenvalue weighted by molar-refractivity contribution is 7.98. The fraction of sp³-hybridized carbons (Fsp3) is 0.722. The first-order valence-corrected chi connectivity index (χ1v) is 10.9. The fourth-order valence-corrected chi connectivity index (χ4v) is 2.84. The van der Waals surface area contributed by atoms with Crippen LogP contribution in [0.4, 0.5) is 0 Å². The molecule has 0 aromatic rings. The Morgan fingerprint density at radius 2 is 1.50 bits per heavy atom. The quantitative estimate of drug-likeness (QED) is 0.197. The first-order valence-electron chi connectivity index (χ1n) is 9.50. The molecule has 0 fully saturated rings. The summed E-state index contributed by atoms with van der Waals surface area (Å²) in [5.41, 5.74) is 5.61. The third kappa shape index (κ3) is 10.4. The summed E-state index contributed by atoms with van der Waals surface area (Å²) in [5.74, 6) is -4.03. The van der Waals surface area contributed by atoms with E-state index >= 15 is 0 Å². The van der Waals surface area contributed by atoms with E-state index in [4.69, 9.17) is 10.8 Å². The minimum Gasteiger partial charge on any atom is -0.481 e. The molecule has 12 heteroatoms. The van der Waals surface area contributed by atoms with E-state index in [1.165, 1.54) is 18.7 Å². The molecule has 0 aliphatic rings. The van der Waals surface area contributed by atoms with Crippen LogP contribution in [0.1, 0.15) is 40.0 Å². The van der Waals surface area contributed by atoms with Crippen LogP contribution in [-0.4, -0.2) is 76.0 Å². The van der Waals surface area contributed by atoms with Gasteiger partial charge >= 0.3 is 11.9 Å². The predicted molar refractivity (Wildman–Crippen MR) is 112 cm³/mol.